The van der Waals surface area contributed by atoms with Crippen LogP contribution in [0.5, 0.6) is 0 Å². The van der Waals surface area contributed by atoms with Crippen LogP contribution in [0.15, 0.2) is 42.7 Å². The highest BCUT2D eigenvalue weighted by Crippen LogP contribution is 2.15. The second-order valence-corrected chi connectivity index (χ2v) is 5.40. The predicted octanol–water partition coefficient (Wildman–Crippen LogP) is 4.19. The molecule has 1 heterocycles. The normalized spacial score (nSPS) is 12.3. The van der Waals surface area contributed by atoms with Gasteiger partial charge < -0.3 is 5.32 Å². The Morgan fingerprint density at radius 1 is 1.15 bits per heavy atom. The van der Waals surface area contributed by atoms with Gasteiger partial charge in [0.1, 0.15) is 0 Å². The lowest BCUT2D eigenvalue weighted by molar-refractivity contribution is 0.573. The molecule has 0 saturated heterocycles. The van der Waals surface area contributed by atoms with Crippen molar-refractivity contribution in [1.82, 2.24) is 10.3 Å². The van der Waals surface area contributed by atoms with Crippen LogP contribution in [0.3, 0.4) is 0 Å². The zero-order valence-electron chi connectivity index (χ0n) is 12.7. The largest absolute Gasteiger partial charge is 0.306 e. The Balaban J connectivity index is 1.94. The van der Waals surface area contributed by atoms with E-state index in [-0.39, 0.29) is 0 Å². The Morgan fingerprint density at radius 3 is 2.55 bits per heavy atom. The number of nitrogens with zero attached hydrogens (tertiary/aromatic N) is 1. The van der Waals surface area contributed by atoms with E-state index in [1.165, 1.54) is 28.7 Å². The van der Waals surface area contributed by atoms with Gasteiger partial charge in [0.15, 0.2) is 0 Å². The minimum absolute atomic E-state index is 0.359. The molecule has 0 aliphatic heterocycles. The standard InChI is InChI=1S/C18H24N2/c1-4-5-16-6-8-17(9-7-16)15(3)20-13-18-10-11-19-12-14(18)2/h6-12,15,20H,4-5,13H2,1-3H3. The van der Waals surface area contributed by atoms with Gasteiger partial charge in [-0.3, -0.25) is 4.98 Å². The van der Waals surface area contributed by atoms with Crippen molar-refractivity contribution in [2.45, 2.75) is 46.2 Å². The molecule has 0 amide bonds. The van der Waals surface area contributed by atoms with E-state index < -0.39 is 0 Å². The first-order valence-electron chi connectivity index (χ1n) is 7.42. The molecule has 1 aromatic heterocycles. The molecule has 2 aromatic rings. The topological polar surface area (TPSA) is 24.9 Å². The number of hydrogen-bond donors (Lipinski definition) is 1. The van der Waals surface area contributed by atoms with E-state index in [4.69, 9.17) is 0 Å². The van der Waals surface area contributed by atoms with Crippen LogP contribution in [0, 0.1) is 6.92 Å². The zero-order valence-corrected chi connectivity index (χ0v) is 12.7. The van der Waals surface area contributed by atoms with Gasteiger partial charge >= 0.3 is 0 Å². The van der Waals surface area contributed by atoms with Crippen LogP contribution in [0.2, 0.25) is 0 Å². The molecule has 20 heavy (non-hydrogen) atoms. The quantitative estimate of drug-likeness (QED) is 0.849. The number of pyridine rings is 1. The highest BCUT2D eigenvalue weighted by Gasteiger charge is 2.05. The smallest absolute Gasteiger partial charge is 0.0300 e. The Kier molecular flexibility index (Phi) is 5.31. The molecule has 0 spiro atoms. The molecule has 0 bridgehead atoms. The Bertz CT molecular complexity index is 531. The minimum atomic E-state index is 0.359. The summed E-state index contributed by atoms with van der Waals surface area (Å²) in [4.78, 5) is 4.13. The SMILES string of the molecule is CCCc1ccc(C(C)NCc2ccncc2C)cc1. The third-order valence-electron chi connectivity index (χ3n) is 3.75. The van der Waals surface area contributed by atoms with Gasteiger partial charge in [-0.1, -0.05) is 37.6 Å². The average Bonchev–Trinajstić information content (AvgIpc) is 2.47. The van der Waals surface area contributed by atoms with Gasteiger partial charge in [-0.15, -0.1) is 0 Å². The van der Waals surface area contributed by atoms with E-state index in [1.807, 2.05) is 12.4 Å². The van der Waals surface area contributed by atoms with E-state index in [1.54, 1.807) is 0 Å². The Labute approximate surface area is 122 Å². The first kappa shape index (κ1) is 14.7. The molecule has 2 heteroatoms. The molecule has 2 rings (SSSR count). The average molecular weight is 268 g/mol. The second kappa shape index (κ2) is 7.20. The van der Waals surface area contributed by atoms with Gasteiger partial charge in [-0.05, 0) is 48.6 Å². The van der Waals surface area contributed by atoms with E-state index in [2.05, 4.69) is 61.4 Å². The highest BCUT2D eigenvalue weighted by atomic mass is 14.9. The van der Waals surface area contributed by atoms with Crippen molar-refractivity contribution >= 4 is 0 Å². The van der Waals surface area contributed by atoms with Crippen molar-refractivity contribution in [3.8, 4) is 0 Å². The Morgan fingerprint density at radius 2 is 1.90 bits per heavy atom. The zero-order chi connectivity index (χ0) is 14.4. The van der Waals surface area contributed by atoms with E-state index >= 15 is 0 Å². The molecule has 1 aromatic carbocycles. The van der Waals surface area contributed by atoms with Gasteiger partial charge in [0.2, 0.25) is 0 Å². The maximum Gasteiger partial charge on any atom is 0.0300 e. The number of aromatic nitrogens is 1. The number of nitrogens with one attached hydrogen (secondary N) is 1. The summed E-state index contributed by atoms with van der Waals surface area (Å²) in [5, 5.41) is 3.58. The van der Waals surface area contributed by atoms with Crippen LogP contribution in [0.1, 0.15) is 48.6 Å². The fraction of sp³-hybridized carbons (Fsp3) is 0.389. The summed E-state index contributed by atoms with van der Waals surface area (Å²) in [6, 6.07) is 11.4. The molecule has 0 saturated carbocycles. The molecule has 0 aliphatic rings. The third-order valence-corrected chi connectivity index (χ3v) is 3.75. The predicted molar refractivity (Wildman–Crippen MR) is 84.7 cm³/mol. The van der Waals surface area contributed by atoms with Crippen molar-refractivity contribution in [2.75, 3.05) is 0 Å². The molecule has 0 radical (unpaired) electrons. The molecule has 106 valence electrons. The molecule has 1 unspecified atom stereocenters. The molecule has 0 fully saturated rings. The molecule has 2 nitrogen and oxygen atoms in total. The fourth-order valence-electron chi connectivity index (χ4n) is 2.34. The van der Waals surface area contributed by atoms with E-state index in [9.17, 15) is 0 Å². The van der Waals surface area contributed by atoms with Crippen LogP contribution in [-0.4, -0.2) is 4.98 Å². The third kappa shape index (κ3) is 3.91. The second-order valence-electron chi connectivity index (χ2n) is 5.40. The van der Waals surface area contributed by atoms with Gasteiger partial charge in [0.25, 0.3) is 0 Å². The van der Waals surface area contributed by atoms with Gasteiger partial charge in [0.05, 0.1) is 0 Å². The van der Waals surface area contributed by atoms with E-state index in [0.29, 0.717) is 6.04 Å². The summed E-state index contributed by atoms with van der Waals surface area (Å²) in [5.74, 6) is 0. The van der Waals surface area contributed by atoms with Crippen molar-refractivity contribution in [1.29, 1.82) is 0 Å². The summed E-state index contributed by atoms with van der Waals surface area (Å²) in [7, 11) is 0. The van der Waals surface area contributed by atoms with Gasteiger partial charge in [0, 0.05) is 25.0 Å². The number of benzene rings is 1. The highest BCUT2D eigenvalue weighted by molar-refractivity contribution is 5.26. The minimum Gasteiger partial charge on any atom is -0.306 e. The Hall–Kier alpha value is -1.67. The van der Waals surface area contributed by atoms with Crippen LogP contribution < -0.4 is 5.32 Å². The summed E-state index contributed by atoms with van der Waals surface area (Å²) in [5.41, 5.74) is 5.32. The molecule has 1 atom stereocenters. The molecular formula is C18H24N2. The molecular weight excluding hydrogens is 244 g/mol. The summed E-state index contributed by atoms with van der Waals surface area (Å²) in [6.07, 6.45) is 6.14. The monoisotopic (exact) mass is 268 g/mol. The lowest BCUT2D eigenvalue weighted by Crippen LogP contribution is -2.18. The maximum atomic E-state index is 4.13. The van der Waals surface area contributed by atoms with Crippen LogP contribution >= 0.6 is 0 Å². The van der Waals surface area contributed by atoms with Crippen molar-refractivity contribution in [2.24, 2.45) is 0 Å². The van der Waals surface area contributed by atoms with Gasteiger partial charge in [-0.25, -0.2) is 0 Å². The fourth-order valence-corrected chi connectivity index (χ4v) is 2.34. The molecule has 1 N–H and O–H groups in total. The van der Waals surface area contributed by atoms with Crippen LogP contribution in [-0.2, 0) is 13.0 Å². The van der Waals surface area contributed by atoms with Crippen molar-refractivity contribution in [3.63, 3.8) is 0 Å². The number of rotatable bonds is 6. The number of aryl methyl sites for hydroxylation is 2. The number of hydrogen-bond acceptors (Lipinski definition) is 2. The lowest BCUT2D eigenvalue weighted by atomic mass is 10.0. The van der Waals surface area contributed by atoms with Crippen LogP contribution in [0.4, 0.5) is 0 Å². The van der Waals surface area contributed by atoms with Gasteiger partial charge in [-0.2, -0.15) is 0 Å². The van der Waals surface area contributed by atoms with Crippen molar-refractivity contribution < 1.29 is 0 Å². The lowest BCUT2D eigenvalue weighted by Gasteiger charge is -2.15. The summed E-state index contributed by atoms with van der Waals surface area (Å²) < 4.78 is 0. The molecule has 0 aliphatic carbocycles. The summed E-state index contributed by atoms with van der Waals surface area (Å²) >= 11 is 0. The van der Waals surface area contributed by atoms with Crippen LogP contribution in [0.25, 0.3) is 0 Å². The maximum absolute atomic E-state index is 4.13. The first-order chi connectivity index (χ1) is 9.70. The van der Waals surface area contributed by atoms with E-state index in [0.717, 1.165) is 13.0 Å². The first-order valence-corrected chi connectivity index (χ1v) is 7.42. The van der Waals surface area contributed by atoms with Crippen molar-refractivity contribution in [3.05, 3.63) is 65.0 Å². The summed E-state index contributed by atoms with van der Waals surface area (Å²) in [6.45, 7) is 7.42.